The smallest absolute Gasteiger partial charge is 0.0701 e. The highest BCUT2D eigenvalue weighted by molar-refractivity contribution is 8.93. The van der Waals surface area contributed by atoms with E-state index in [1.165, 1.54) is 32.1 Å². The van der Waals surface area contributed by atoms with E-state index in [1.54, 1.807) is 7.11 Å². The Morgan fingerprint density at radius 1 is 0.864 bits per heavy atom. The van der Waals surface area contributed by atoms with Gasteiger partial charge in [0, 0.05) is 19.3 Å². The molecule has 0 aromatic rings. The van der Waals surface area contributed by atoms with E-state index in [0.717, 1.165) is 13.0 Å². The van der Waals surface area contributed by atoms with Gasteiger partial charge in [-0.05, 0) is 32.6 Å². The van der Waals surface area contributed by atoms with Gasteiger partial charge in [-0.3, -0.25) is 0 Å². The Labute approximate surface area is 148 Å². The first-order valence-electron chi connectivity index (χ1n) is 8.45. The fourth-order valence-electron chi connectivity index (χ4n) is 2.40. The molecule has 0 rings (SSSR count). The molecule has 0 aromatic carbocycles. The first-order valence-corrected chi connectivity index (χ1v) is 8.45. The molecule has 2 N–H and O–H groups in total. The van der Waals surface area contributed by atoms with Crippen molar-refractivity contribution in [2.45, 2.75) is 64.8 Å². The predicted octanol–water partition coefficient (Wildman–Crippen LogP) is 3.96. The molecule has 0 aliphatic carbocycles. The van der Waals surface area contributed by atoms with E-state index in [9.17, 15) is 0 Å². The number of halogens is 1. The van der Waals surface area contributed by atoms with Gasteiger partial charge < -0.3 is 19.9 Å². The Kier molecular flexibility index (Phi) is 18.1. The van der Waals surface area contributed by atoms with Crippen LogP contribution < -0.4 is 5.73 Å². The minimum Gasteiger partial charge on any atom is -0.382 e. The highest BCUT2D eigenvalue weighted by Gasteiger charge is 2.24. The fourth-order valence-corrected chi connectivity index (χ4v) is 2.40. The Bertz CT molecular complexity index is 222. The van der Waals surface area contributed by atoms with Crippen molar-refractivity contribution in [1.82, 2.24) is 0 Å². The standard InChI is InChI=1S/C17H37NO3.BrH/c1-5-6-7-8-9-16(17(2,3)18)10-11-20-14-15-21-13-12-19-4;/h16H,5-15,18H2,1-4H3;1H. The van der Waals surface area contributed by atoms with Gasteiger partial charge in [-0.15, -0.1) is 17.0 Å². The quantitative estimate of drug-likeness (QED) is 0.434. The average Bonchev–Trinajstić information content (AvgIpc) is 2.42. The van der Waals surface area contributed by atoms with E-state index in [4.69, 9.17) is 19.9 Å². The van der Waals surface area contributed by atoms with Crippen molar-refractivity contribution in [3.8, 4) is 0 Å². The number of methoxy groups -OCH3 is 1. The summed E-state index contributed by atoms with van der Waals surface area (Å²) in [5.74, 6) is 0.531. The molecule has 0 fully saturated rings. The second-order valence-electron chi connectivity index (χ2n) is 6.37. The fraction of sp³-hybridized carbons (Fsp3) is 1.00. The Balaban J connectivity index is 0. The van der Waals surface area contributed by atoms with Gasteiger partial charge in [0.2, 0.25) is 0 Å². The zero-order valence-corrected chi connectivity index (χ0v) is 16.8. The van der Waals surface area contributed by atoms with Gasteiger partial charge in [-0.1, -0.05) is 32.6 Å². The van der Waals surface area contributed by atoms with Crippen LogP contribution in [0, 0.1) is 5.92 Å². The minimum absolute atomic E-state index is 0. The maximum Gasteiger partial charge on any atom is 0.0701 e. The van der Waals surface area contributed by atoms with Gasteiger partial charge in [0.05, 0.1) is 26.4 Å². The van der Waals surface area contributed by atoms with Crippen molar-refractivity contribution in [2.24, 2.45) is 11.7 Å². The van der Waals surface area contributed by atoms with Crippen LogP contribution in [-0.4, -0.2) is 45.7 Å². The topological polar surface area (TPSA) is 53.7 Å². The van der Waals surface area contributed by atoms with E-state index in [-0.39, 0.29) is 22.5 Å². The number of hydrogen-bond acceptors (Lipinski definition) is 4. The Morgan fingerprint density at radius 3 is 2.00 bits per heavy atom. The monoisotopic (exact) mass is 383 g/mol. The van der Waals surface area contributed by atoms with Crippen LogP contribution in [-0.2, 0) is 14.2 Å². The molecule has 136 valence electrons. The normalized spacial score (nSPS) is 13.0. The van der Waals surface area contributed by atoms with E-state index in [1.807, 2.05) is 0 Å². The van der Waals surface area contributed by atoms with Crippen molar-refractivity contribution in [3.05, 3.63) is 0 Å². The summed E-state index contributed by atoms with van der Waals surface area (Å²) in [6.45, 7) is 9.83. The summed E-state index contributed by atoms with van der Waals surface area (Å²) in [6.07, 6.45) is 7.44. The molecule has 0 saturated heterocycles. The van der Waals surface area contributed by atoms with Crippen LogP contribution in [0.3, 0.4) is 0 Å². The van der Waals surface area contributed by atoms with E-state index >= 15 is 0 Å². The van der Waals surface area contributed by atoms with Crippen molar-refractivity contribution >= 4 is 17.0 Å². The zero-order chi connectivity index (χ0) is 16.0. The molecular formula is C17H38BrNO3. The van der Waals surface area contributed by atoms with E-state index in [2.05, 4.69) is 20.8 Å². The van der Waals surface area contributed by atoms with Crippen LogP contribution >= 0.6 is 17.0 Å². The molecule has 0 saturated carbocycles. The predicted molar refractivity (Wildman–Crippen MR) is 99.0 cm³/mol. The number of nitrogens with two attached hydrogens (primary N) is 1. The molecule has 0 heterocycles. The lowest BCUT2D eigenvalue weighted by atomic mass is 9.82. The molecule has 0 aliphatic rings. The molecule has 5 heteroatoms. The molecule has 0 aliphatic heterocycles. The maximum absolute atomic E-state index is 6.30. The maximum atomic E-state index is 6.30. The molecule has 4 nitrogen and oxygen atoms in total. The first kappa shape index (κ1) is 24.6. The number of hydrogen-bond donors (Lipinski definition) is 1. The van der Waals surface area contributed by atoms with Gasteiger partial charge in [0.1, 0.15) is 0 Å². The lowest BCUT2D eigenvalue weighted by molar-refractivity contribution is 0.0196. The molecule has 0 spiro atoms. The zero-order valence-electron chi connectivity index (χ0n) is 15.1. The molecule has 0 aromatic heterocycles. The number of rotatable bonds is 15. The highest BCUT2D eigenvalue weighted by atomic mass is 79.9. The molecule has 1 unspecified atom stereocenters. The van der Waals surface area contributed by atoms with Crippen LogP contribution in [0.1, 0.15) is 59.3 Å². The number of ether oxygens (including phenoxy) is 3. The largest absolute Gasteiger partial charge is 0.382 e. The second-order valence-corrected chi connectivity index (χ2v) is 6.37. The summed E-state index contributed by atoms with van der Waals surface area (Å²) in [5.41, 5.74) is 6.18. The third-order valence-electron chi connectivity index (χ3n) is 3.87. The number of unbranched alkanes of at least 4 members (excludes halogenated alkanes) is 3. The van der Waals surface area contributed by atoms with Crippen LogP contribution in [0.5, 0.6) is 0 Å². The van der Waals surface area contributed by atoms with Gasteiger partial charge in [-0.25, -0.2) is 0 Å². The summed E-state index contributed by atoms with van der Waals surface area (Å²) in [6, 6.07) is 0. The van der Waals surface area contributed by atoms with Crippen molar-refractivity contribution in [2.75, 3.05) is 40.1 Å². The molecular weight excluding hydrogens is 346 g/mol. The van der Waals surface area contributed by atoms with Gasteiger partial charge in [0.15, 0.2) is 0 Å². The highest BCUT2D eigenvalue weighted by Crippen LogP contribution is 2.24. The molecule has 0 bridgehead atoms. The van der Waals surface area contributed by atoms with Crippen LogP contribution in [0.2, 0.25) is 0 Å². The minimum atomic E-state index is -0.120. The average molecular weight is 384 g/mol. The summed E-state index contributed by atoms with van der Waals surface area (Å²) in [7, 11) is 1.68. The van der Waals surface area contributed by atoms with Crippen molar-refractivity contribution < 1.29 is 14.2 Å². The summed E-state index contributed by atoms with van der Waals surface area (Å²) >= 11 is 0. The summed E-state index contributed by atoms with van der Waals surface area (Å²) in [4.78, 5) is 0. The summed E-state index contributed by atoms with van der Waals surface area (Å²) < 4.78 is 15.9. The van der Waals surface area contributed by atoms with Crippen LogP contribution in [0.4, 0.5) is 0 Å². The Hall–Kier alpha value is 0.320. The third-order valence-corrected chi connectivity index (χ3v) is 3.87. The van der Waals surface area contributed by atoms with Gasteiger partial charge >= 0.3 is 0 Å². The molecule has 0 radical (unpaired) electrons. The SMILES string of the molecule is Br.CCCCCCC(CCOCCOCCOC)C(C)(C)N. The lowest BCUT2D eigenvalue weighted by Crippen LogP contribution is -2.41. The molecule has 22 heavy (non-hydrogen) atoms. The van der Waals surface area contributed by atoms with Gasteiger partial charge in [-0.2, -0.15) is 0 Å². The third kappa shape index (κ3) is 15.2. The van der Waals surface area contributed by atoms with Gasteiger partial charge in [0.25, 0.3) is 0 Å². The Morgan fingerprint density at radius 2 is 1.45 bits per heavy atom. The van der Waals surface area contributed by atoms with E-state index < -0.39 is 0 Å². The lowest BCUT2D eigenvalue weighted by Gasteiger charge is -2.30. The van der Waals surface area contributed by atoms with Crippen LogP contribution in [0.25, 0.3) is 0 Å². The van der Waals surface area contributed by atoms with Crippen molar-refractivity contribution in [3.63, 3.8) is 0 Å². The molecule has 0 amide bonds. The van der Waals surface area contributed by atoms with Crippen LogP contribution in [0.15, 0.2) is 0 Å². The summed E-state index contributed by atoms with van der Waals surface area (Å²) in [5, 5.41) is 0. The second kappa shape index (κ2) is 16.2. The van der Waals surface area contributed by atoms with E-state index in [0.29, 0.717) is 32.3 Å². The van der Waals surface area contributed by atoms with Crippen molar-refractivity contribution in [1.29, 1.82) is 0 Å². The molecule has 1 atom stereocenters. The first-order chi connectivity index (χ1) is 10.0.